The summed E-state index contributed by atoms with van der Waals surface area (Å²) in [6.07, 6.45) is 0.999. The van der Waals surface area contributed by atoms with E-state index >= 15 is 0 Å². The molecule has 104 valence electrons. The third-order valence-electron chi connectivity index (χ3n) is 2.48. The molecule has 0 aliphatic heterocycles. The highest BCUT2D eigenvalue weighted by Crippen LogP contribution is 2.09. The maximum absolute atomic E-state index is 11.9. The Morgan fingerprint density at radius 3 is 2.78 bits per heavy atom. The van der Waals surface area contributed by atoms with Crippen LogP contribution < -0.4 is 10.0 Å². The van der Waals surface area contributed by atoms with Gasteiger partial charge in [0.15, 0.2) is 0 Å². The van der Waals surface area contributed by atoms with Crippen LogP contribution in [0.15, 0.2) is 5.38 Å². The van der Waals surface area contributed by atoms with Gasteiger partial charge in [-0.05, 0) is 26.8 Å². The van der Waals surface area contributed by atoms with Gasteiger partial charge in [0.05, 0.1) is 11.8 Å². The highest BCUT2D eigenvalue weighted by molar-refractivity contribution is 7.90. The molecule has 0 fully saturated rings. The van der Waals surface area contributed by atoms with Crippen LogP contribution in [0, 0.1) is 6.92 Å². The van der Waals surface area contributed by atoms with Crippen molar-refractivity contribution in [3.05, 3.63) is 16.1 Å². The van der Waals surface area contributed by atoms with E-state index in [2.05, 4.69) is 21.9 Å². The first-order valence-corrected chi connectivity index (χ1v) is 8.48. The largest absolute Gasteiger partial charge is 0.315 e. The molecule has 1 atom stereocenters. The summed E-state index contributed by atoms with van der Waals surface area (Å²) in [5.41, 5.74) is 0.923. The summed E-state index contributed by atoms with van der Waals surface area (Å²) >= 11 is 1.47. The molecule has 1 heterocycles. The van der Waals surface area contributed by atoms with Crippen molar-refractivity contribution in [2.24, 2.45) is 0 Å². The summed E-state index contributed by atoms with van der Waals surface area (Å²) in [6, 6.07) is 0. The highest BCUT2D eigenvalue weighted by Gasteiger charge is 2.20. The lowest BCUT2D eigenvalue weighted by Crippen LogP contribution is -2.38. The molecule has 0 saturated heterocycles. The van der Waals surface area contributed by atoms with E-state index in [1.165, 1.54) is 11.3 Å². The molecule has 0 aliphatic carbocycles. The lowest BCUT2D eigenvalue weighted by atomic mass is 10.4. The van der Waals surface area contributed by atoms with E-state index in [4.69, 9.17) is 0 Å². The van der Waals surface area contributed by atoms with E-state index in [1.807, 2.05) is 12.3 Å². The van der Waals surface area contributed by atoms with Crippen molar-refractivity contribution in [1.29, 1.82) is 0 Å². The number of hydrogen-bond acceptors (Lipinski definition) is 5. The monoisotopic (exact) mass is 291 g/mol. The van der Waals surface area contributed by atoms with Gasteiger partial charge < -0.3 is 5.32 Å². The quantitative estimate of drug-likeness (QED) is 0.707. The second-order valence-electron chi connectivity index (χ2n) is 4.26. The third-order valence-corrected chi connectivity index (χ3v) is 5.22. The van der Waals surface area contributed by atoms with Gasteiger partial charge in [-0.1, -0.05) is 6.92 Å². The predicted molar refractivity (Wildman–Crippen MR) is 75.2 cm³/mol. The summed E-state index contributed by atoms with van der Waals surface area (Å²) in [7, 11) is -3.28. The Labute approximate surface area is 113 Å². The van der Waals surface area contributed by atoms with Gasteiger partial charge in [-0.25, -0.2) is 18.1 Å². The lowest BCUT2D eigenvalue weighted by molar-refractivity contribution is 0.556. The lowest BCUT2D eigenvalue weighted by Gasteiger charge is -2.13. The van der Waals surface area contributed by atoms with E-state index in [-0.39, 0.29) is 6.54 Å². The van der Waals surface area contributed by atoms with Crippen molar-refractivity contribution in [2.45, 2.75) is 39.0 Å². The van der Waals surface area contributed by atoms with E-state index in [1.54, 1.807) is 6.92 Å². The van der Waals surface area contributed by atoms with E-state index in [9.17, 15) is 8.42 Å². The van der Waals surface area contributed by atoms with Crippen LogP contribution in [-0.2, 0) is 16.6 Å². The van der Waals surface area contributed by atoms with Crippen LogP contribution in [-0.4, -0.2) is 31.7 Å². The molecule has 5 nitrogen and oxygen atoms in total. The molecular formula is C11H21N3O2S2. The van der Waals surface area contributed by atoms with Crippen molar-refractivity contribution in [3.8, 4) is 0 Å². The first kappa shape index (κ1) is 15.6. The molecule has 1 aromatic heterocycles. The number of sulfonamides is 1. The molecule has 1 unspecified atom stereocenters. The Morgan fingerprint density at radius 1 is 1.50 bits per heavy atom. The van der Waals surface area contributed by atoms with E-state index in [0.717, 1.165) is 23.7 Å². The van der Waals surface area contributed by atoms with Gasteiger partial charge in [-0.3, -0.25) is 0 Å². The maximum atomic E-state index is 11.9. The van der Waals surface area contributed by atoms with Crippen LogP contribution in [0.25, 0.3) is 0 Å². The van der Waals surface area contributed by atoms with Crippen molar-refractivity contribution < 1.29 is 8.42 Å². The molecular weight excluding hydrogens is 270 g/mol. The minimum absolute atomic E-state index is 0.277. The SMILES string of the molecule is CCCNCC(C)S(=O)(=O)NCc1nc(C)cs1. The van der Waals surface area contributed by atoms with Crippen LogP contribution in [0.1, 0.15) is 31.0 Å². The summed E-state index contributed by atoms with van der Waals surface area (Å²) < 4.78 is 26.5. The number of nitrogens with one attached hydrogen (secondary N) is 2. The summed E-state index contributed by atoms with van der Waals surface area (Å²) in [5.74, 6) is 0. The first-order valence-electron chi connectivity index (χ1n) is 6.06. The molecule has 0 spiro atoms. The van der Waals surface area contributed by atoms with Gasteiger partial charge in [-0.2, -0.15) is 0 Å². The number of rotatable bonds is 8. The topological polar surface area (TPSA) is 71.1 Å². The van der Waals surface area contributed by atoms with Gasteiger partial charge in [0.2, 0.25) is 10.0 Å². The smallest absolute Gasteiger partial charge is 0.215 e. The Bertz CT molecular complexity index is 457. The number of aryl methyl sites for hydroxylation is 1. The minimum Gasteiger partial charge on any atom is -0.315 e. The van der Waals surface area contributed by atoms with Gasteiger partial charge in [0.1, 0.15) is 5.01 Å². The second kappa shape index (κ2) is 7.18. The molecule has 0 saturated carbocycles. The number of thiazole rings is 1. The fourth-order valence-electron chi connectivity index (χ4n) is 1.38. The molecule has 0 aliphatic rings. The van der Waals surface area contributed by atoms with Gasteiger partial charge >= 0.3 is 0 Å². The van der Waals surface area contributed by atoms with Gasteiger partial charge in [0, 0.05) is 17.6 Å². The zero-order valence-electron chi connectivity index (χ0n) is 11.1. The van der Waals surface area contributed by atoms with Crippen LogP contribution in [0.3, 0.4) is 0 Å². The van der Waals surface area contributed by atoms with Crippen molar-refractivity contribution >= 4 is 21.4 Å². The second-order valence-corrected chi connectivity index (χ2v) is 7.39. The van der Waals surface area contributed by atoms with Gasteiger partial charge in [0.25, 0.3) is 0 Å². The van der Waals surface area contributed by atoms with Crippen LogP contribution >= 0.6 is 11.3 Å². The molecule has 0 amide bonds. The molecule has 0 radical (unpaired) electrons. The molecule has 0 bridgehead atoms. The average Bonchev–Trinajstić information content (AvgIpc) is 2.73. The molecule has 7 heteroatoms. The summed E-state index contributed by atoms with van der Waals surface area (Å²) in [6.45, 7) is 7.24. The molecule has 18 heavy (non-hydrogen) atoms. The maximum Gasteiger partial charge on any atom is 0.215 e. The average molecular weight is 291 g/mol. The molecule has 1 aromatic rings. The fourth-order valence-corrected chi connectivity index (χ4v) is 3.14. The van der Waals surface area contributed by atoms with E-state index < -0.39 is 15.3 Å². The number of aromatic nitrogens is 1. The van der Waals surface area contributed by atoms with Crippen LogP contribution in [0.5, 0.6) is 0 Å². The first-order chi connectivity index (χ1) is 8.45. The van der Waals surface area contributed by atoms with Crippen molar-refractivity contribution in [2.75, 3.05) is 13.1 Å². The van der Waals surface area contributed by atoms with E-state index in [0.29, 0.717) is 6.54 Å². The summed E-state index contributed by atoms with van der Waals surface area (Å²) in [5, 5.41) is 5.38. The third kappa shape index (κ3) is 5.01. The molecule has 2 N–H and O–H groups in total. The number of nitrogens with zero attached hydrogens (tertiary/aromatic N) is 1. The van der Waals surface area contributed by atoms with Gasteiger partial charge in [-0.15, -0.1) is 11.3 Å². The Balaban J connectivity index is 2.43. The Kier molecular flexibility index (Phi) is 6.20. The highest BCUT2D eigenvalue weighted by atomic mass is 32.2. The fraction of sp³-hybridized carbons (Fsp3) is 0.727. The summed E-state index contributed by atoms with van der Waals surface area (Å²) in [4.78, 5) is 4.22. The zero-order valence-corrected chi connectivity index (χ0v) is 12.7. The Morgan fingerprint density at radius 2 is 2.22 bits per heavy atom. The molecule has 1 rings (SSSR count). The molecule has 0 aromatic carbocycles. The standard InChI is InChI=1S/C11H21N3O2S2/c1-4-5-12-6-10(3)18(15,16)13-7-11-14-9(2)8-17-11/h8,10,12-13H,4-7H2,1-3H3. The van der Waals surface area contributed by atoms with Crippen LogP contribution in [0.4, 0.5) is 0 Å². The Hall–Kier alpha value is -0.500. The number of hydrogen-bond donors (Lipinski definition) is 2. The van der Waals surface area contributed by atoms with Crippen molar-refractivity contribution in [3.63, 3.8) is 0 Å². The predicted octanol–water partition coefficient (Wildman–Crippen LogP) is 1.26. The van der Waals surface area contributed by atoms with Crippen LogP contribution in [0.2, 0.25) is 0 Å². The van der Waals surface area contributed by atoms with Crippen molar-refractivity contribution in [1.82, 2.24) is 15.0 Å². The zero-order chi connectivity index (χ0) is 13.6. The normalized spacial score (nSPS) is 13.7. The minimum atomic E-state index is -3.28.